The average molecular weight is 170 g/mol. The Labute approximate surface area is 59.4 Å². The molecule has 0 saturated carbocycles. The van der Waals surface area contributed by atoms with E-state index >= 15 is 0 Å². The van der Waals surface area contributed by atoms with E-state index in [0.29, 0.717) is 0 Å². The highest BCUT2D eigenvalue weighted by Gasteiger charge is 2.28. The zero-order valence-corrected chi connectivity index (χ0v) is 6.88. The van der Waals surface area contributed by atoms with E-state index in [4.69, 9.17) is 9.79 Å². The van der Waals surface area contributed by atoms with Gasteiger partial charge in [0.05, 0.1) is 0 Å². The standard InChI is InChI=1S/C5H12FO3P/c1-4(2)3-5(6)10(7,8)9/h4-5H,3H2,1-2H3,(H2,7,8,9). The van der Waals surface area contributed by atoms with Gasteiger partial charge in [-0.15, -0.1) is 0 Å². The van der Waals surface area contributed by atoms with Crippen LogP contribution in [0.25, 0.3) is 0 Å². The van der Waals surface area contributed by atoms with Gasteiger partial charge in [-0.3, -0.25) is 4.57 Å². The summed E-state index contributed by atoms with van der Waals surface area (Å²) >= 11 is 0. The van der Waals surface area contributed by atoms with Crippen LogP contribution in [0.15, 0.2) is 0 Å². The van der Waals surface area contributed by atoms with Crippen molar-refractivity contribution in [2.24, 2.45) is 5.92 Å². The summed E-state index contributed by atoms with van der Waals surface area (Å²) < 4.78 is 22.6. The molecule has 0 aliphatic carbocycles. The Morgan fingerprint density at radius 3 is 2.00 bits per heavy atom. The molecule has 1 atom stereocenters. The number of alkyl halides is 1. The summed E-state index contributed by atoms with van der Waals surface area (Å²) in [6.45, 7) is 3.42. The summed E-state index contributed by atoms with van der Waals surface area (Å²) in [7, 11) is -4.48. The van der Waals surface area contributed by atoms with E-state index in [1.165, 1.54) is 0 Å². The molecular formula is C5H12FO3P. The summed E-state index contributed by atoms with van der Waals surface area (Å²) in [5.41, 5.74) is 0. The smallest absolute Gasteiger partial charge is 0.322 e. The fourth-order valence-corrected chi connectivity index (χ4v) is 1.22. The topological polar surface area (TPSA) is 57.5 Å². The lowest BCUT2D eigenvalue weighted by molar-refractivity contribution is 0.276. The summed E-state index contributed by atoms with van der Waals surface area (Å²) in [6.07, 6.45) is -0.0791. The molecule has 0 aromatic heterocycles. The molecule has 0 radical (unpaired) electrons. The fraction of sp³-hybridized carbons (Fsp3) is 1.00. The maximum atomic E-state index is 12.4. The molecule has 0 aromatic carbocycles. The first-order valence-electron chi connectivity index (χ1n) is 3.03. The van der Waals surface area contributed by atoms with Gasteiger partial charge >= 0.3 is 7.60 Å². The minimum Gasteiger partial charge on any atom is -0.322 e. The third-order valence-electron chi connectivity index (χ3n) is 1.03. The summed E-state index contributed by atoms with van der Waals surface area (Å²) in [5, 5.41) is 0. The molecular weight excluding hydrogens is 158 g/mol. The van der Waals surface area contributed by atoms with Crippen LogP contribution in [0.1, 0.15) is 20.3 Å². The molecule has 0 amide bonds. The van der Waals surface area contributed by atoms with Gasteiger partial charge in [0.1, 0.15) is 0 Å². The average Bonchev–Trinajstić information content (AvgIpc) is 1.60. The van der Waals surface area contributed by atoms with Gasteiger partial charge in [0.25, 0.3) is 0 Å². The second-order valence-corrected chi connectivity index (χ2v) is 4.39. The van der Waals surface area contributed by atoms with Crippen molar-refractivity contribution in [3.05, 3.63) is 0 Å². The van der Waals surface area contributed by atoms with Crippen molar-refractivity contribution in [1.82, 2.24) is 0 Å². The van der Waals surface area contributed by atoms with Crippen molar-refractivity contribution in [2.75, 3.05) is 0 Å². The first-order chi connectivity index (χ1) is 4.34. The third-order valence-corrected chi connectivity index (χ3v) is 1.97. The summed E-state index contributed by atoms with van der Waals surface area (Å²) in [4.78, 5) is 16.5. The fourth-order valence-electron chi connectivity index (χ4n) is 0.526. The Balaban J connectivity index is 3.86. The van der Waals surface area contributed by atoms with E-state index < -0.39 is 13.5 Å². The zero-order chi connectivity index (χ0) is 8.36. The zero-order valence-electron chi connectivity index (χ0n) is 5.99. The van der Waals surface area contributed by atoms with Gasteiger partial charge in [-0.25, -0.2) is 4.39 Å². The molecule has 0 saturated heterocycles. The molecule has 10 heavy (non-hydrogen) atoms. The van der Waals surface area contributed by atoms with Crippen molar-refractivity contribution >= 4 is 7.60 Å². The SMILES string of the molecule is CC(C)CC(F)P(=O)(O)O. The summed E-state index contributed by atoms with van der Waals surface area (Å²) in [6, 6.07) is 0. The first kappa shape index (κ1) is 10.1. The quantitative estimate of drug-likeness (QED) is 0.631. The predicted octanol–water partition coefficient (Wildman–Crippen LogP) is 1.51. The maximum absolute atomic E-state index is 12.4. The molecule has 0 fully saturated rings. The van der Waals surface area contributed by atoms with E-state index in [2.05, 4.69) is 0 Å². The number of hydrogen-bond donors (Lipinski definition) is 2. The molecule has 5 heteroatoms. The number of halogens is 1. The van der Waals surface area contributed by atoms with Crippen LogP contribution in [-0.2, 0) is 4.57 Å². The highest BCUT2D eigenvalue weighted by molar-refractivity contribution is 7.52. The molecule has 0 aromatic rings. The number of rotatable bonds is 3. The Bertz CT molecular complexity index is 142. The molecule has 0 heterocycles. The van der Waals surface area contributed by atoms with Gasteiger partial charge in [-0.05, 0) is 12.3 Å². The van der Waals surface area contributed by atoms with Crippen LogP contribution < -0.4 is 0 Å². The van der Waals surface area contributed by atoms with Crippen molar-refractivity contribution in [3.8, 4) is 0 Å². The van der Waals surface area contributed by atoms with Crippen LogP contribution in [-0.4, -0.2) is 15.7 Å². The molecule has 0 aliphatic heterocycles. The van der Waals surface area contributed by atoms with Crippen LogP contribution in [0.3, 0.4) is 0 Å². The van der Waals surface area contributed by atoms with Gasteiger partial charge in [0.15, 0.2) is 0 Å². The third kappa shape index (κ3) is 3.99. The van der Waals surface area contributed by atoms with E-state index in [9.17, 15) is 8.96 Å². The van der Waals surface area contributed by atoms with Crippen molar-refractivity contribution in [2.45, 2.75) is 26.2 Å². The largest absolute Gasteiger partial charge is 0.359 e. The minimum atomic E-state index is -4.48. The second kappa shape index (κ2) is 3.46. The monoisotopic (exact) mass is 170 g/mol. The van der Waals surface area contributed by atoms with E-state index in [1.54, 1.807) is 13.8 Å². The molecule has 0 aliphatic rings. The van der Waals surface area contributed by atoms with Gasteiger partial charge in [-0.2, -0.15) is 0 Å². The van der Waals surface area contributed by atoms with Gasteiger partial charge in [-0.1, -0.05) is 13.8 Å². The Morgan fingerprint density at radius 1 is 1.50 bits per heavy atom. The van der Waals surface area contributed by atoms with Crippen LogP contribution in [0.2, 0.25) is 0 Å². The van der Waals surface area contributed by atoms with Crippen molar-refractivity contribution in [3.63, 3.8) is 0 Å². The van der Waals surface area contributed by atoms with E-state index in [1.807, 2.05) is 0 Å². The minimum absolute atomic E-state index is 0.0253. The maximum Gasteiger partial charge on any atom is 0.359 e. The molecule has 0 rings (SSSR count). The predicted molar refractivity (Wildman–Crippen MR) is 36.4 cm³/mol. The van der Waals surface area contributed by atoms with Gasteiger partial charge < -0.3 is 9.79 Å². The molecule has 1 unspecified atom stereocenters. The normalized spacial score (nSPS) is 15.8. The Morgan fingerprint density at radius 2 is 1.90 bits per heavy atom. The van der Waals surface area contributed by atoms with Crippen LogP contribution in [0.5, 0.6) is 0 Å². The van der Waals surface area contributed by atoms with Crippen LogP contribution >= 0.6 is 7.60 Å². The van der Waals surface area contributed by atoms with Gasteiger partial charge in [0.2, 0.25) is 5.91 Å². The molecule has 0 bridgehead atoms. The highest BCUT2D eigenvalue weighted by Crippen LogP contribution is 2.44. The van der Waals surface area contributed by atoms with Crippen molar-refractivity contribution in [1.29, 1.82) is 0 Å². The van der Waals surface area contributed by atoms with E-state index in [-0.39, 0.29) is 12.3 Å². The Hall–Kier alpha value is 0.0800. The van der Waals surface area contributed by atoms with Crippen LogP contribution in [0, 0.1) is 5.92 Å². The lowest BCUT2D eigenvalue weighted by Crippen LogP contribution is -2.04. The van der Waals surface area contributed by atoms with Gasteiger partial charge in [0, 0.05) is 0 Å². The lowest BCUT2D eigenvalue weighted by atomic mass is 10.2. The van der Waals surface area contributed by atoms with E-state index in [0.717, 1.165) is 0 Å². The molecule has 0 spiro atoms. The lowest BCUT2D eigenvalue weighted by Gasteiger charge is -2.11. The molecule has 2 N–H and O–H groups in total. The summed E-state index contributed by atoms with van der Waals surface area (Å²) in [5.74, 6) is -2.02. The Kier molecular flexibility index (Phi) is 3.49. The number of hydrogen-bond acceptors (Lipinski definition) is 1. The second-order valence-electron chi connectivity index (χ2n) is 2.65. The molecule has 3 nitrogen and oxygen atoms in total. The molecule has 62 valence electrons. The first-order valence-corrected chi connectivity index (χ1v) is 4.71. The highest BCUT2D eigenvalue weighted by atomic mass is 31.2. The van der Waals surface area contributed by atoms with Crippen molar-refractivity contribution < 1.29 is 18.7 Å². The van der Waals surface area contributed by atoms with Crippen LogP contribution in [0.4, 0.5) is 4.39 Å².